The van der Waals surface area contributed by atoms with Gasteiger partial charge in [0.2, 0.25) is 0 Å². The van der Waals surface area contributed by atoms with E-state index in [0.29, 0.717) is 19.5 Å². The lowest BCUT2D eigenvalue weighted by molar-refractivity contribution is -0.143. The van der Waals surface area contributed by atoms with Crippen LogP contribution < -0.4 is 0 Å². The van der Waals surface area contributed by atoms with Gasteiger partial charge in [0.15, 0.2) is 5.72 Å². The SMILES string of the molecule is OC1CCCC1(O)N1C=CC=NC1. The summed E-state index contributed by atoms with van der Waals surface area (Å²) in [5.74, 6) is 0. The molecule has 0 bridgehead atoms. The first-order valence-corrected chi connectivity index (χ1v) is 4.57. The normalized spacial score (nSPS) is 38.6. The summed E-state index contributed by atoms with van der Waals surface area (Å²) in [6.07, 6.45) is 6.75. The molecule has 1 saturated carbocycles. The molecule has 0 aromatic carbocycles. The molecule has 2 N–H and O–H groups in total. The highest BCUT2D eigenvalue weighted by atomic mass is 16.4. The maximum atomic E-state index is 10.1. The van der Waals surface area contributed by atoms with E-state index in [2.05, 4.69) is 4.99 Å². The van der Waals surface area contributed by atoms with Gasteiger partial charge in [-0.3, -0.25) is 4.99 Å². The summed E-state index contributed by atoms with van der Waals surface area (Å²) < 4.78 is 0. The molecule has 2 atom stereocenters. The topological polar surface area (TPSA) is 56.1 Å². The van der Waals surface area contributed by atoms with Crippen LogP contribution in [0.1, 0.15) is 19.3 Å². The third kappa shape index (κ3) is 1.36. The third-order valence-corrected chi connectivity index (χ3v) is 2.74. The molecule has 0 amide bonds. The molecule has 0 radical (unpaired) electrons. The molecule has 1 fully saturated rings. The van der Waals surface area contributed by atoms with Crippen molar-refractivity contribution < 1.29 is 10.2 Å². The Hall–Kier alpha value is -0.870. The molecule has 4 heteroatoms. The monoisotopic (exact) mass is 182 g/mol. The minimum atomic E-state index is -1.09. The van der Waals surface area contributed by atoms with E-state index in [9.17, 15) is 10.2 Å². The minimum absolute atomic E-state index is 0.435. The van der Waals surface area contributed by atoms with E-state index >= 15 is 0 Å². The fourth-order valence-electron chi connectivity index (χ4n) is 1.93. The van der Waals surface area contributed by atoms with Crippen LogP contribution in [0.15, 0.2) is 17.3 Å². The lowest BCUT2D eigenvalue weighted by Gasteiger charge is -2.38. The second-order valence-corrected chi connectivity index (χ2v) is 3.57. The van der Waals surface area contributed by atoms with Crippen LogP contribution in [0.3, 0.4) is 0 Å². The zero-order chi connectivity index (χ0) is 9.31. The Morgan fingerprint density at radius 1 is 1.54 bits per heavy atom. The van der Waals surface area contributed by atoms with Crippen molar-refractivity contribution in [2.24, 2.45) is 4.99 Å². The highest BCUT2D eigenvalue weighted by molar-refractivity contribution is 5.71. The first kappa shape index (κ1) is 8.72. The smallest absolute Gasteiger partial charge is 0.165 e. The number of aliphatic hydroxyl groups excluding tert-OH is 1. The quantitative estimate of drug-likeness (QED) is 0.603. The molecule has 1 heterocycles. The summed E-state index contributed by atoms with van der Waals surface area (Å²) >= 11 is 0. The first-order chi connectivity index (χ1) is 6.23. The van der Waals surface area contributed by atoms with Gasteiger partial charge in [-0.25, -0.2) is 0 Å². The molecular formula is C9H14N2O2. The van der Waals surface area contributed by atoms with E-state index in [4.69, 9.17) is 0 Å². The molecule has 1 aliphatic heterocycles. The zero-order valence-corrected chi connectivity index (χ0v) is 7.43. The number of hydrogen-bond donors (Lipinski definition) is 2. The van der Waals surface area contributed by atoms with Crippen molar-refractivity contribution >= 4 is 6.21 Å². The number of aliphatic imine (C=N–C) groups is 1. The summed E-state index contributed by atoms with van der Waals surface area (Å²) in [7, 11) is 0. The molecule has 13 heavy (non-hydrogen) atoms. The van der Waals surface area contributed by atoms with Crippen LogP contribution in [-0.4, -0.2) is 39.8 Å². The van der Waals surface area contributed by atoms with Crippen molar-refractivity contribution in [3.8, 4) is 0 Å². The van der Waals surface area contributed by atoms with E-state index in [1.165, 1.54) is 0 Å². The van der Waals surface area contributed by atoms with E-state index in [1.807, 2.05) is 0 Å². The van der Waals surface area contributed by atoms with Gasteiger partial charge in [-0.2, -0.15) is 0 Å². The number of allylic oxidation sites excluding steroid dienone is 1. The largest absolute Gasteiger partial charge is 0.388 e. The Labute approximate surface area is 77.2 Å². The van der Waals surface area contributed by atoms with E-state index in [0.717, 1.165) is 6.42 Å². The fraction of sp³-hybridized carbons (Fsp3) is 0.667. The molecule has 0 aromatic rings. The predicted molar refractivity (Wildman–Crippen MR) is 49.1 cm³/mol. The second kappa shape index (κ2) is 3.12. The van der Waals surface area contributed by atoms with Gasteiger partial charge in [0, 0.05) is 12.4 Å². The van der Waals surface area contributed by atoms with Crippen LogP contribution in [0.5, 0.6) is 0 Å². The molecule has 0 spiro atoms. The average molecular weight is 182 g/mol. The standard InChI is InChI=1S/C9H14N2O2/c12-8-3-1-4-9(8,13)11-6-2-5-10-7-11/h2,5-6,8,12-13H,1,3-4,7H2. The molecule has 1 aliphatic carbocycles. The molecule has 2 rings (SSSR count). The van der Waals surface area contributed by atoms with Crippen LogP contribution in [0.25, 0.3) is 0 Å². The highest BCUT2D eigenvalue weighted by Gasteiger charge is 2.44. The Kier molecular flexibility index (Phi) is 2.09. The summed E-state index contributed by atoms with van der Waals surface area (Å²) in [6, 6.07) is 0. The van der Waals surface area contributed by atoms with Crippen molar-refractivity contribution in [1.29, 1.82) is 0 Å². The van der Waals surface area contributed by atoms with Crippen molar-refractivity contribution in [3.05, 3.63) is 12.3 Å². The predicted octanol–water partition coefficient (Wildman–Crippen LogP) is 0.0774. The molecule has 0 aromatic heterocycles. The Bertz CT molecular complexity index is 252. The Morgan fingerprint density at radius 3 is 2.92 bits per heavy atom. The zero-order valence-electron chi connectivity index (χ0n) is 7.43. The Balaban J connectivity index is 2.14. The summed E-state index contributed by atoms with van der Waals surface area (Å²) in [6.45, 7) is 0.435. The van der Waals surface area contributed by atoms with Crippen LogP contribution in [0.2, 0.25) is 0 Å². The van der Waals surface area contributed by atoms with Crippen LogP contribution in [-0.2, 0) is 0 Å². The van der Waals surface area contributed by atoms with Gasteiger partial charge in [0.1, 0.15) is 12.8 Å². The fourth-order valence-corrected chi connectivity index (χ4v) is 1.93. The second-order valence-electron chi connectivity index (χ2n) is 3.57. The Morgan fingerprint density at radius 2 is 2.38 bits per heavy atom. The maximum Gasteiger partial charge on any atom is 0.165 e. The molecule has 2 aliphatic rings. The molecule has 72 valence electrons. The lowest BCUT2D eigenvalue weighted by Crippen LogP contribution is -2.51. The molecule has 2 unspecified atom stereocenters. The van der Waals surface area contributed by atoms with Crippen molar-refractivity contribution in [2.45, 2.75) is 31.1 Å². The van der Waals surface area contributed by atoms with Gasteiger partial charge < -0.3 is 15.1 Å². The summed E-state index contributed by atoms with van der Waals surface area (Å²) in [4.78, 5) is 5.72. The first-order valence-electron chi connectivity index (χ1n) is 4.57. The van der Waals surface area contributed by atoms with Gasteiger partial charge in [0.25, 0.3) is 0 Å². The van der Waals surface area contributed by atoms with Crippen molar-refractivity contribution in [3.63, 3.8) is 0 Å². The van der Waals surface area contributed by atoms with Crippen LogP contribution in [0.4, 0.5) is 0 Å². The van der Waals surface area contributed by atoms with Crippen molar-refractivity contribution in [1.82, 2.24) is 4.90 Å². The lowest BCUT2D eigenvalue weighted by atomic mass is 10.1. The van der Waals surface area contributed by atoms with E-state index in [-0.39, 0.29) is 0 Å². The van der Waals surface area contributed by atoms with Crippen molar-refractivity contribution in [2.75, 3.05) is 6.67 Å². The van der Waals surface area contributed by atoms with E-state index in [1.54, 1.807) is 23.4 Å². The van der Waals surface area contributed by atoms with E-state index < -0.39 is 11.8 Å². The third-order valence-electron chi connectivity index (χ3n) is 2.74. The van der Waals surface area contributed by atoms with Crippen LogP contribution in [0, 0.1) is 0 Å². The highest BCUT2D eigenvalue weighted by Crippen LogP contribution is 2.33. The van der Waals surface area contributed by atoms with Gasteiger partial charge >= 0.3 is 0 Å². The summed E-state index contributed by atoms with van der Waals surface area (Å²) in [5.41, 5.74) is -1.09. The molecular weight excluding hydrogens is 168 g/mol. The molecule has 0 saturated heterocycles. The maximum absolute atomic E-state index is 10.1. The average Bonchev–Trinajstić information content (AvgIpc) is 2.50. The minimum Gasteiger partial charge on any atom is -0.388 e. The van der Waals surface area contributed by atoms with Gasteiger partial charge in [-0.1, -0.05) is 0 Å². The van der Waals surface area contributed by atoms with Gasteiger partial charge in [0.05, 0.1) is 0 Å². The van der Waals surface area contributed by atoms with Gasteiger partial charge in [-0.05, 0) is 25.3 Å². The molecule has 4 nitrogen and oxygen atoms in total. The van der Waals surface area contributed by atoms with Gasteiger partial charge in [-0.15, -0.1) is 0 Å². The van der Waals surface area contributed by atoms with Crippen LogP contribution >= 0.6 is 0 Å². The number of hydrogen-bond acceptors (Lipinski definition) is 4. The number of nitrogens with zero attached hydrogens (tertiary/aromatic N) is 2. The number of aliphatic hydroxyl groups is 2. The summed E-state index contributed by atoms with van der Waals surface area (Å²) in [5, 5.41) is 19.8. The number of rotatable bonds is 1.